The third kappa shape index (κ3) is 2.99. The highest BCUT2D eigenvalue weighted by molar-refractivity contribution is 7.98. The minimum atomic E-state index is 0.147. The molecule has 0 aliphatic heterocycles. The fraction of sp³-hybridized carbons (Fsp3) is 0.467. The van der Waals surface area contributed by atoms with Crippen molar-refractivity contribution in [3.05, 3.63) is 18.2 Å². The summed E-state index contributed by atoms with van der Waals surface area (Å²) >= 11 is 3.28. The summed E-state index contributed by atoms with van der Waals surface area (Å²) in [4.78, 5) is 17.9. The van der Waals surface area contributed by atoms with Gasteiger partial charge in [0, 0.05) is 10.8 Å². The Balaban J connectivity index is 1.75. The lowest BCUT2D eigenvalue weighted by atomic mass is 9.89. The molecule has 1 fully saturated rings. The van der Waals surface area contributed by atoms with Crippen LogP contribution in [0.25, 0.3) is 10.2 Å². The van der Waals surface area contributed by atoms with Crippen molar-refractivity contribution < 1.29 is 4.79 Å². The molecule has 5 heteroatoms. The van der Waals surface area contributed by atoms with E-state index < -0.39 is 0 Å². The number of anilines is 1. The zero-order chi connectivity index (χ0) is 13.9. The molecule has 3 nitrogen and oxygen atoms in total. The number of nitrogens with zero attached hydrogens (tertiary/aromatic N) is 1. The fourth-order valence-electron chi connectivity index (χ4n) is 2.66. The van der Waals surface area contributed by atoms with Crippen molar-refractivity contribution >= 4 is 44.4 Å². The van der Waals surface area contributed by atoms with E-state index in [0.717, 1.165) is 28.2 Å². The third-order valence-electron chi connectivity index (χ3n) is 3.80. The molecule has 1 aliphatic carbocycles. The van der Waals surface area contributed by atoms with Gasteiger partial charge in [0.05, 0.1) is 10.2 Å². The Hall–Kier alpha value is -1.07. The maximum absolute atomic E-state index is 12.2. The maximum Gasteiger partial charge on any atom is 0.229 e. The number of hydrogen-bond acceptors (Lipinski definition) is 4. The summed E-state index contributed by atoms with van der Waals surface area (Å²) in [5, 5.41) is 3.73. The van der Waals surface area contributed by atoms with Crippen molar-refractivity contribution in [3.63, 3.8) is 0 Å². The molecule has 1 saturated carbocycles. The molecule has 1 aromatic carbocycles. The number of aromatic nitrogens is 1. The molecule has 0 saturated heterocycles. The molecule has 20 heavy (non-hydrogen) atoms. The number of carbonyl (C=O) groups is 1. The van der Waals surface area contributed by atoms with Gasteiger partial charge in [-0.05, 0) is 37.3 Å². The summed E-state index contributed by atoms with van der Waals surface area (Å²) in [6, 6.07) is 6.22. The Morgan fingerprint density at radius 2 is 2.15 bits per heavy atom. The van der Waals surface area contributed by atoms with E-state index in [4.69, 9.17) is 0 Å². The molecule has 3 rings (SSSR count). The van der Waals surface area contributed by atoms with Crippen molar-refractivity contribution in [3.8, 4) is 0 Å². The summed E-state index contributed by atoms with van der Waals surface area (Å²) < 4.78 is 1.13. The summed E-state index contributed by atoms with van der Waals surface area (Å²) in [6.07, 6.45) is 7.72. The summed E-state index contributed by atoms with van der Waals surface area (Å²) in [7, 11) is 0. The van der Waals surface area contributed by atoms with Gasteiger partial charge in [0.2, 0.25) is 5.91 Å². The average molecular weight is 306 g/mol. The van der Waals surface area contributed by atoms with Crippen LogP contribution in [0.3, 0.4) is 0 Å². The van der Waals surface area contributed by atoms with Gasteiger partial charge in [0.15, 0.2) is 5.13 Å². The Morgan fingerprint density at radius 3 is 2.90 bits per heavy atom. The standard InChI is InChI=1S/C15H18N2OS2/c1-19-11-7-8-12-13(9-11)20-15(16-12)17-14(18)10-5-3-2-4-6-10/h7-10H,2-6H2,1H3,(H,16,17,18). The van der Waals surface area contributed by atoms with Crippen molar-refractivity contribution in [2.24, 2.45) is 5.92 Å². The lowest BCUT2D eigenvalue weighted by molar-refractivity contribution is -0.120. The topological polar surface area (TPSA) is 42.0 Å². The van der Waals surface area contributed by atoms with Crippen LogP contribution in [0.5, 0.6) is 0 Å². The molecule has 1 aliphatic rings. The number of nitrogens with one attached hydrogen (secondary N) is 1. The van der Waals surface area contributed by atoms with Crippen LogP contribution in [0.1, 0.15) is 32.1 Å². The minimum Gasteiger partial charge on any atom is -0.302 e. The van der Waals surface area contributed by atoms with Crippen molar-refractivity contribution in [1.29, 1.82) is 0 Å². The number of thiazole rings is 1. The van der Waals surface area contributed by atoms with E-state index in [0.29, 0.717) is 0 Å². The van der Waals surface area contributed by atoms with Gasteiger partial charge < -0.3 is 5.32 Å². The molecular weight excluding hydrogens is 288 g/mol. The second-order valence-electron chi connectivity index (χ2n) is 5.18. The van der Waals surface area contributed by atoms with Crippen LogP contribution in [0.4, 0.5) is 5.13 Å². The van der Waals surface area contributed by atoms with Crippen LogP contribution in [0.2, 0.25) is 0 Å². The van der Waals surface area contributed by atoms with Crippen LogP contribution >= 0.6 is 23.1 Å². The molecule has 106 valence electrons. The summed E-state index contributed by atoms with van der Waals surface area (Å²) in [5.74, 6) is 0.325. The molecule has 0 spiro atoms. The Kier molecular flexibility index (Phi) is 4.27. The molecule has 1 N–H and O–H groups in total. The zero-order valence-corrected chi connectivity index (χ0v) is 13.1. The monoisotopic (exact) mass is 306 g/mol. The average Bonchev–Trinajstić information content (AvgIpc) is 2.89. The van der Waals surface area contributed by atoms with E-state index in [2.05, 4.69) is 28.7 Å². The molecule has 2 aromatic rings. The van der Waals surface area contributed by atoms with Gasteiger partial charge in [-0.15, -0.1) is 11.8 Å². The first-order valence-electron chi connectivity index (χ1n) is 7.02. The van der Waals surface area contributed by atoms with Gasteiger partial charge in [0.1, 0.15) is 0 Å². The van der Waals surface area contributed by atoms with Crippen LogP contribution in [-0.4, -0.2) is 17.1 Å². The molecule has 1 aromatic heterocycles. The lowest BCUT2D eigenvalue weighted by Crippen LogP contribution is -2.24. The molecule has 1 heterocycles. The molecule has 0 atom stereocenters. The Bertz CT molecular complexity index is 617. The second kappa shape index (κ2) is 6.14. The van der Waals surface area contributed by atoms with Crippen molar-refractivity contribution in [2.75, 3.05) is 11.6 Å². The van der Waals surface area contributed by atoms with Gasteiger partial charge in [-0.1, -0.05) is 30.6 Å². The number of fused-ring (bicyclic) bond motifs is 1. The van der Waals surface area contributed by atoms with E-state index >= 15 is 0 Å². The van der Waals surface area contributed by atoms with Gasteiger partial charge in [-0.2, -0.15) is 0 Å². The predicted octanol–water partition coefficient (Wildman–Crippen LogP) is 4.54. The Morgan fingerprint density at radius 1 is 1.35 bits per heavy atom. The molecular formula is C15H18N2OS2. The van der Waals surface area contributed by atoms with E-state index in [1.54, 1.807) is 23.1 Å². The molecule has 0 bridgehead atoms. The van der Waals surface area contributed by atoms with Crippen molar-refractivity contribution in [2.45, 2.75) is 37.0 Å². The van der Waals surface area contributed by atoms with Gasteiger partial charge in [-0.3, -0.25) is 4.79 Å². The highest BCUT2D eigenvalue weighted by atomic mass is 32.2. The number of benzene rings is 1. The van der Waals surface area contributed by atoms with Crippen LogP contribution < -0.4 is 5.32 Å². The first-order valence-corrected chi connectivity index (χ1v) is 9.06. The van der Waals surface area contributed by atoms with Gasteiger partial charge in [-0.25, -0.2) is 4.98 Å². The number of hydrogen-bond donors (Lipinski definition) is 1. The number of carbonyl (C=O) groups excluding carboxylic acids is 1. The maximum atomic E-state index is 12.2. The number of thioether (sulfide) groups is 1. The fourth-order valence-corrected chi connectivity index (χ4v) is 4.08. The van der Waals surface area contributed by atoms with E-state index in [9.17, 15) is 4.79 Å². The second-order valence-corrected chi connectivity index (χ2v) is 7.09. The van der Waals surface area contributed by atoms with Crippen molar-refractivity contribution in [1.82, 2.24) is 4.98 Å². The minimum absolute atomic E-state index is 0.147. The van der Waals surface area contributed by atoms with E-state index in [1.165, 1.54) is 24.2 Å². The molecule has 0 radical (unpaired) electrons. The SMILES string of the molecule is CSc1ccc2nc(NC(=O)C3CCCCC3)sc2c1. The predicted molar refractivity (Wildman–Crippen MR) is 86.6 cm³/mol. The smallest absolute Gasteiger partial charge is 0.229 e. The third-order valence-corrected chi connectivity index (χ3v) is 5.46. The summed E-state index contributed by atoms with van der Waals surface area (Å²) in [5.41, 5.74) is 0.965. The largest absolute Gasteiger partial charge is 0.302 e. The van der Waals surface area contributed by atoms with Crippen LogP contribution in [-0.2, 0) is 4.79 Å². The van der Waals surface area contributed by atoms with Gasteiger partial charge in [0.25, 0.3) is 0 Å². The number of amides is 1. The van der Waals surface area contributed by atoms with E-state index in [1.807, 2.05) is 6.07 Å². The van der Waals surface area contributed by atoms with Gasteiger partial charge >= 0.3 is 0 Å². The first-order chi connectivity index (χ1) is 9.76. The molecule has 0 unspecified atom stereocenters. The van der Waals surface area contributed by atoms with E-state index in [-0.39, 0.29) is 11.8 Å². The number of rotatable bonds is 3. The normalized spacial score (nSPS) is 16.4. The lowest BCUT2D eigenvalue weighted by Gasteiger charge is -2.19. The Labute approximate surface area is 127 Å². The van der Waals surface area contributed by atoms with Crippen LogP contribution in [0, 0.1) is 5.92 Å². The quantitative estimate of drug-likeness (QED) is 0.847. The van der Waals surface area contributed by atoms with Crippen LogP contribution in [0.15, 0.2) is 23.1 Å². The summed E-state index contributed by atoms with van der Waals surface area (Å²) in [6.45, 7) is 0. The highest BCUT2D eigenvalue weighted by Gasteiger charge is 2.21. The molecule has 1 amide bonds. The first kappa shape index (κ1) is 13.9. The zero-order valence-electron chi connectivity index (χ0n) is 11.5. The highest BCUT2D eigenvalue weighted by Crippen LogP contribution is 2.31.